The lowest BCUT2D eigenvalue weighted by Gasteiger charge is -2.39. The molecule has 3 heterocycles. The van der Waals surface area contributed by atoms with Crippen LogP contribution in [0.5, 0.6) is 5.75 Å². The van der Waals surface area contributed by atoms with E-state index in [9.17, 15) is 18.0 Å². The standard InChI is InChI=1S/C25H21F3N4O3/c1-34-18-9-7-17(16-8-10-20(25(26,27)28)30-21(16)18)23-31-22(19(11-29)35-23)24(33)32-12-15(13-32)14-5-3-2-4-6-14/h2-10,15H,11-13,29H2,1H3. The van der Waals surface area contributed by atoms with Crippen LogP contribution in [0, 0.1) is 0 Å². The molecule has 1 aliphatic rings. The number of hydrogen-bond acceptors (Lipinski definition) is 6. The molecule has 2 N–H and O–H groups in total. The number of hydrogen-bond donors (Lipinski definition) is 1. The smallest absolute Gasteiger partial charge is 0.433 e. The van der Waals surface area contributed by atoms with Crippen molar-refractivity contribution in [1.82, 2.24) is 14.9 Å². The predicted molar refractivity (Wildman–Crippen MR) is 122 cm³/mol. The summed E-state index contributed by atoms with van der Waals surface area (Å²) < 4.78 is 50.7. The van der Waals surface area contributed by atoms with Crippen molar-refractivity contribution in [3.63, 3.8) is 0 Å². The van der Waals surface area contributed by atoms with Gasteiger partial charge in [0.05, 0.1) is 13.7 Å². The molecular weight excluding hydrogens is 461 g/mol. The van der Waals surface area contributed by atoms with Gasteiger partial charge in [0, 0.05) is 30.0 Å². The maximum absolute atomic E-state index is 13.2. The van der Waals surface area contributed by atoms with Gasteiger partial charge >= 0.3 is 6.18 Å². The first kappa shape index (κ1) is 22.9. The van der Waals surface area contributed by atoms with Crippen molar-refractivity contribution in [1.29, 1.82) is 0 Å². The molecule has 1 aliphatic heterocycles. The van der Waals surface area contributed by atoms with Crippen LogP contribution in [0.3, 0.4) is 0 Å². The zero-order valence-electron chi connectivity index (χ0n) is 18.7. The number of methoxy groups -OCH3 is 1. The molecule has 0 spiro atoms. The van der Waals surface area contributed by atoms with Gasteiger partial charge in [-0.1, -0.05) is 30.3 Å². The van der Waals surface area contributed by atoms with Gasteiger partial charge < -0.3 is 19.8 Å². The molecule has 5 rings (SSSR count). The van der Waals surface area contributed by atoms with Crippen LogP contribution in [0.1, 0.15) is 33.4 Å². The molecule has 180 valence electrons. The van der Waals surface area contributed by atoms with Crippen molar-refractivity contribution in [2.75, 3.05) is 20.2 Å². The second kappa shape index (κ2) is 8.70. The molecule has 1 saturated heterocycles. The third kappa shape index (κ3) is 4.10. The Morgan fingerprint density at radius 2 is 1.86 bits per heavy atom. The lowest BCUT2D eigenvalue weighted by Crippen LogP contribution is -2.48. The van der Waals surface area contributed by atoms with Crippen molar-refractivity contribution in [2.45, 2.75) is 18.6 Å². The largest absolute Gasteiger partial charge is 0.494 e. The van der Waals surface area contributed by atoms with Gasteiger partial charge in [-0.05, 0) is 29.8 Å². The van der Waals surface area contributed by atoms with E-state index >= 15 is 0 Å². The number of pyridine rings is 1. The van der Waals surface area contributed by atoms with E-state index in [2.05, 4.69) is 9.97 Å². The molecule has 4 aromatic rings. The van der Waals surface area contributed by atoms with Crippen LogP contribution in [0.2, 0.25) is 0 Å². The van der Waals surface area contributed by atoms with E-state index in [1.807, 2.05) is 30.3 Å². The third-order valence-electron chi connectivity index (χ3n) is 6.09. The number of carbonyl (C=O) groups is 1. The van der Waals surface area contributed by atoms with Crippen LogP contribution in [-0.4, -0.2) is 41.0 Å². The minimum absolute atomic E-state index is 0.00801. The summed E-state index contributed by atoms with van der Waals surface area (Å²) in [6, 6.07) is 15.2. The maximum Gasteiger partial charge on any atom is 0.433 e. The lowest BCUT2D eigenvalue weighted by atomic mass is 9.91. The highest BCUT2D eigenvalue weighted by Gasteiger charge is 2.36. The number of nitrogens with two attached hydrogens (primary N) is 1. The van der Waals surface area contributed by atoms with Crippen LogP contribution in [-0.2, 0) is 12.7 Å². The number of aromatic nitrogens is 2. The van der Waals surface area contributed by atoms with Gasteiger partial charge in [0.2, 0.25) is 5.89 Å². The molecule has 7 nitrogen and oxygen atoms in total. The van der Waals surface area contributed by atoms with Crippen molar-refractivity contribution >= 4 is 16.8 Å². The molecule has 0 aliphatic carbocycles. The van der Waals surface area contributed by atoms with Crippen molar-refractivity contribution < 1.29 is 27.1 Å². The lowest BCUT2D eigenvalue weighted by molar-refractivity contribution is -0.140. The second-order valence-electron chi connectivity index (χ2n) is 8.22. The zero-order chi connectivity index (χ0) is 24.7. The van der Waals surface area contributed by atoms with Gasteiger partial charge in [0.25, 0.3) is 5.91 Å². The Morgan fingerprint density at radius 1 is 1.11 bits per heavy atom. The number of nitrogens with zero attached hydrogens (tertiary/aromatic N) is 3. The summed E-state index contributed by atoms with van der Waals surface area (Å²) in [5.74, 6) is 0.389. The van der Waals surface area contributed by atoms with Gasteiger partial charge in [-0.25, -0.2) is 9.97 Å². The zero-order valence-corrected chi connectivity index (χ0v) is 18.7. The van der Waals surface area contributed by atoms with E-state index in [0.717, 1.165) is 11.6 Å². The summed E-state index contributed by atoms with van der Waals surface area (Å²) in [7, 11) is 1.35. The van der Waals surface area contributed by atoms with Gasteiger partial charge in [-0.3, -0.25) is 4.79 Å². The first-order chi connectivity index (χ1) is 16.8. The van der Waals surface area contributed by atoms with E-state index in [4.69, 9.17) is 14.9 Å². The Balaban J connectivity index is 1.48. The fourth-order valence-electron chi connectivity index (χ4n) is 4.20. The highest BCUT2D eigenvalue weighted by Crippen LogP contribution is 2.37. The Kier molecular flexibility index (Phi) is 5.68. The molecule has 35 heavy (non-hydrogen) atoms. The van der Waals surface area contributed by atoms with Crippen molar-refractivity contribution in [3.8, 4) is 17.2 Å². The third-order valence-corrected chi connectivity index (χ3v) is 6.09. The van der Waals surface area contributed by atoms with Crippen LogP contribution < -0.4 is 10.5 Å². The molecule has 2 aromatic carbocycles. The molecule has 0 bridgehead atoms. The van der Waals surface area contributed by atoms with Crippen molar-refractivity contribution in [3.05, 3.63) is 77.3 Å². The maximum atomic E-state index is 13.2. The molecule has 0 unspecified atom stereocenters. The van der Waals surface area contributed by atoms with E-state index in [-0.39, 0.29) is 47.0 Å². The van der Waals surface area contributed by atoms with Crippen molar-refractivity contribution in [2.24, 2.45) is 5.73 Å². The minimum Gasteiger partial charge on any atom is -0.494 e. The van der Waals surface area contributed by atoms with Crippen LogP contribution >= 0.6 is 0 Å². The molecular formula is C25H21F3N4O3. The Bertz CT molecular complexity index is 1400. The quantitative estimate of drug-likeness (QED) is 0.446. The highest BCUT2D eigenvalue weighted by molar-refractivity contribution is 5.98. The first-order valence-electron chi connectivity index (χ1n) is 10.9. The average molecular weight is 482 g/mol. The van der Waals surface area contributed by atoms with Gasteiger partial charge in [0.15, 0.2) is 11.5 Å². The highest BCUT2D eigenvalue weighted by atomic mass is 19.4. The number of likely N-dealkylation sites (tertiary alicyclic amines) is 1. The number of oxazole rings is 1. The van der Waals surface area contributed by atoms with E-state index < -0.39 is 11.9 Å². The number of fused-ring (bicyclic) bond motifs is 1. The number of benzene rings is 2. The Hall–Kier alpha value is -3.92. The van der Waals surface area contributed by atoms with Gasteiger partial charge in [-0.2, -0.15) is 13.2 Å². The molecule has 0 radical (unpaired) electrons. The molecule has 10 heteroatoms. The number of carbonyl (C=O) groups excluding carboxylic acids is 1. The Labute approximate surface area is 198 Å². The molecule has 0 atom stereocenters. The summed E-state index contributed by atoms with van der Waals surface area (Å²) in [6.07, 6.45) is -4.61. The fraction of sp³-hybridized carbons (Fsp3) is 0.240. The number of alkyl halides is 3. The van der Waals surface area contributed by atoms with Crippen LogP contribution in [0.25, 0.3) is 22.4 Å². The van der Waals surface area contributed by atoms with Crippen LogP contribution in [0.4, 0.5) is 13.2 Å². The topological polar surface area (TPSA) is 94.5 Å². The van der Waals surface area contributed by atoms with E-state index in [0.29, 0.717) is 24.0 Å². The summed E-state index contributed by atoms with van der Waals surface area (Å²) in [5.41, 5.74) is 6.42. The summed E-state index contributed by atoms with van der Waals surface area (Å²) in [6.45, 7) is 1.03. The fourth-order valence-corrected chi connectivity index (χ4v) is 4.20. The summed E-state index contributed by atoms with van der Waals surface area (Å²) in [4.78, 5) is 23.0. The van der Waals surface area contributed by atoms with E-state index in [1.165, 1.54) is 19.2 Å². The normalized spacial score (nSPS) is 14.3. The predicted octanol–water partition coefficient (Wildman–Crippen LogP) is 4.62. The van der Waals surface area contributed by atoms with E-state index in [1.54, 1.807) is 11.0 Å². The monoisotopic (exact) mass is 482 g/mol. The Morgan fingerprint density at radius 3 is 2.51 bits per heavy atom. The molecule has 2 aromatic heterocycles. The second-order valence-corrected chi connectivity index (χ2v) is 8.22. The van der Waals surface area contributed by atoms with Gasteiger partial charge in [-0.15, -0.1) is 0 Å². The number of ether oxygens (including phenoxy) is 1. The number of halogens is 3. The van der Waals surface area contributed by atoms with Crippen LogP contribution in [0.15, 0.2) is 59.0 Å². The first-order valence-corrected chi connectivity index (χ1v) is 10.9. The number of rotatable bonds is 5. The number of amides is 1. The average Bonchev–Trinajstić information content (AvgIpc) is 3.26. The SMILES string of the molecule is COc1ccc(-c2nc(C(=O)N3CC(c4ccccc4)C3)c(CN)o2)c2ccc(C(F)(F)F)nc12. The molecule has 1 amide bonds. The summed E-state index contributed by atoms with van der Waals surface area (Å²) >= 11 is 0. The minimum atomic E-state index is -4.61. The summed E-state index contributed by atoms with van der Waals surface area (Å²) in [5, 5.41) is 0.342. The molecule has 0 saturated carbocycles. The molecule has 1 fully saturated rings. The van der Waals surface area contributed by atoms with Gasteiger partial charge in [0.1, 0.15) is 17.0 Å².